The molecule has 1 fully saturated rings. The molecule has 3 rings (SSSR count). The highest BCUT2D eigenvalue weighted by Crippen LogP contribution is 2.35. The maximum absolute atomic E-state index is 12.4. The molecule has 0 aliphatic carbocycles. The largest absolute Gasteiger partial charge is 0.454 e. The predicted octanol–water partition coefficient (Wildman–Crippen LogP) is 0.648. The summed E-state index contributed by atoms with van der Waals surface area (Å²) in [5.41, 5.74) is 0.851. The first-order valence-electron chi connectivity index (χ1n) is 7.06. The molecule has 6 heteroatoms. The Bertz CT molecular complexity index is 565. The average Bonchev–Trinajstić information content (AvgIpc) is 2.97. The molecule has 1 aromatic rings. The van der Waals surface area contributed by atoms with E-state index in [4.69, 9.17) is 9.47 Å². The number of benzene rings is 1. The summed E-state index contributed by atoms with van der Waals surface area (Å²) in [5, 5.41) is 0. The van der Waals surface area contributed by atoms with Gasteiger partial charge in [-0.3, -0.25) is 9.59 Å². The highest BCUT2D eigenvalue weighted by atomic mass is 16.7. The van der Waals surface area contributed by atoms with E-state index >= 15 is 0 Å². The van der Waals surface area contributed by atoms with E-state index in [0.717, 1.165) is 5.56 Å². The molecule has 0 aromatic heterocycles. The number of fused-ring (bicyclic) bond motifs is 1. The molecule has 2 amide bonds. The molecule has 21 heavy (non-hydrogen) atoms. The fourth-order valence-corrected chi connectivity index (χ4v) is 2.68. The van der Waals surface area contributed by atoms with Crippen LogP contribution in [-0.2, 0) is 16.0 Å². The Labute approximate surface area is 123 Å². The number of rotatable bonds is 2. The molecule has 0 unspecified atom stereocenters. The zero-order chi connectivity index (χ0) is 14.8. The third-order valence-electron chi connectivity index (χ3n) is 3.90. The van der Waals surface area contributed by atoms with E-state index in [9.17, 15) is 9.59 Å². The smallest absolute Gasteiger partial charge is 0.231 e. The summed E-state index contributed by atoms with van der Waals surface area (Å²) in [7, 11) is 0. The lowest BCUT2D eigenvalue weighted by atomic mass is 10.1. The maximum atomic E-state index is 12.4. The number of hydrogen-bond acceptors (Lipinski definition) is 4. The van der Waals surface area contributed by atoms with E-state index in [2.05, 4.69) is 0 Å². The number of carbonyl (C=O) groups excluding carboxylic acids is 2. The number of nitrogens with zero attached hydrogens (tertiary/aromatic N) is 2. The molecule has 0 radical (unpaired) electrons. The Morgan fingerprint density at radius 1 is 1.10 bits per heavy atom. The SMILES string of the molecule is CC(=O)N1CCN(C(=O)Cc2cccc3c2OCO3)CC1. The predicted molar refractivity (Wildman–Crippen MR) is 75.1 cm³/mol. The van der Waals surface area contributed by atoms with Crippen LogP contribution in [0.4, 0.5) is 0 Å². The van der Waals surface area contributed by atoms with Gasteiger partial charge in [-0.1, -0.05) is 12.1 Å². The molecule has 0 atom stereocenters. The zero-order valence-corrected chi connectivity index (χ0v) is 12.0. The second-order valence-electron chi connectivity index (χ2n) is 5.21. The van der Waals surface area contributed by atoms with Crippen molar-refractivity contribution in [3.8, 4) is 11.5 Å². The number of hydrogen-bond donors (Lipinski definition) is 0. The minimum absolute atomic E-state index is 0.0575. The van der Waals surface area contributed by atoms with Gasteiger partial charge in [-0.15, -0.1) is 0 Å². The number of carbonyl (C=O) groups is 2. The van der Waals surface area contributed by atoms with Crippen molar-refractivity contribution in [3.63, 3.8) is 0 Å². The van der Waals surface area contributed by atoms with Crippen molar-refractivity contribution in [1.29, 1.82) is 0 Å². The van der Waals surface area contributed by atoms with Crippen LogP contribution in [0.25, 0.3) is 0 Å². The van der Waals surface area contributed by atoms with Gasteiger partial charge in [0.2, 0.25) is 18.6 Å². The van der Waals surface area contributed by atoms with Gasteiger partial charge in [-0.05, 0) is 6.07 Å². The van der Waals surface area contributed by atoms with Gasteiger partial charge in [-0.2, -0.15) is 0 Å². The molecule has 0 spiro atoms. The number of amides is 2. The average molecular weight is 290 g/mol. The normalized spacial score (nSPS) is 17.0. The Balaban J connectivity index is 1.63. The van der Waals surface area contributed by atoms with Crippen LogP contribution in [0.5, 0.6) is 11.5 Å². The lowest BCUT2D eigenvalue weighted by Gasteiger charge is -2.34. The first-order valence-corrected chi connectivity index (χ1v) is 7.06. The number of ether oxygens (including phenoxy) is 2. The summed E-state index contributed by atoms with van der Waals surface area (Å²) >= 11 is 0. The third-order valence-corrected chi connectivity index (χ3v) is 3.90. The van der Waals surface area contributed by atoms with Crippen molar-refractivity contribution in [3.05, 3.63) is 23.8 Å². The van der Waals surface area contributed by atoms with Crippen molar-refractivity contribution in [2.24, 2.45) is 0 Å². The van der Waals surface area contributed by atoms with E-state index in [0.29, 0.717) is 44.1 Å². The minimum Gasteiger partial charge on any atom is -0.454 e. The van der Waals surface area contributed by atoms with Crippen LogP contribution >= 0.6 is 0 Å². The highest BCUT2D eigenvalue weighted by Gasteiger charge is 2.25. The minimum atomic E-state index is 0.0575. The van der Waals surface area contributed by atoms with Gasteiger partial charge in [0.1, 0.15) is 0 Å². The Morgan fingerprint density at radius 2 is 1.81 bits per heavy atom. The van der Waals surface area contributed by atoms with Crippen LogP contribution in [0.3, 0.4) is 0 Å². The standard InChI is InChI=1S/C15H18N2O4/c1-11(18)16-5-7-17(8-6-16)14(19)9-12-3-2-4-13-15(12)21-10-20-13/h2-4H,5-10H2,1H3. The Kier molecular flexibility index (Phi) is 3.68. The zero-order valence-electron chi connectivity index (χ0n) is 12.0. The number of para-hydroxylation sites is 1. The molecule has 2 aliphatic rings. The van der Waals surface area contributed by atoms with E-state index in [1.54, 1.807) is 16.7 Å². The molecule has 2 aliphatic heterocycles. The van der Waals surface area contributed by atoms with E-state index in [1.165, 1.54) is 0 Å². The van der Waals surface area contributed by atoms with Crippen molar-refractivity contribution >= 4 is 11.8 Å². The molecular weight excluding hydrogens is 272 g/mol. The van der Waals surface area contributed by atoms with Gasteiger partial charge in [0, 0.05) is 38.7 Å². The van der Waals surface area contributed by atoms with Gasteiger partial charge < -0.3 is 19.3 Å². The summed E-state index contributed by atoms with van der Waals surface area (Å²) in [4.78, 5) is 27.2. The molecule has 0 N–H and O–H groups in total. The van der Waals surface area contributed by atoms with Gasteiger partial charge in [0.05, 0.1) is 6.42 Å². The quantitative estimate of drug-likeness (QED) is 0.802. The highest BCUT2D eigenvalue weighted by molar-refractivity contribution is 5.80. The maximum Gasteiger partial charge on any atom is 0.231 e. The fraction of sp³-hybridized carbons (Fsp3) is 0.467. The summed E-state index contributed by atoms with van der Waals surface area (Å²) in [5.74, 6) is 1.49. The van der Waals surface area contributed by atoms with Gasteiger partial charge >= 0.3 is 0 Å². The van der Waals surface area contributed by atoms with E-state index in [1.807, 2.05) is 18.2 Å². The van der Waals surface area contributed by atoms with Crippen LogP contribution in [0.2, 0.25) is 0 Å². The van der Waals surface area contributed by atoms with Gasteiger partial charge in [0.25, 0.3) is 0 Å². The second kappa shape index (κ2) is 5.63. The Hall–Kier alpha value is -2.24. The van der Waals surface area contributed by atoms with Crippen LogP contribution in [0.1, 0.15) is 12.5 Å². The first kappa shape index (κ1) is 13.7. The molecule has 1 saturated heterocycles. The fourth-order valence-electron chi connectivity index (χ4n) is 2.68. The van der Waals surface area contributed by atoms with E-state index in [-0.39, 0.29) is 18.6 Å². The summed E-state index contributed by atoms with van der Waals surface area (Å²) in [6.07, 6.45) is 0.298. The van der Waals surface area contributed by atoms with Crippen LogP contribution in [0, 0.1) is 0 Å². The second-order valence-corrected chi connectivity index (χ2v) is 5.21. The number of piperazine rings is 1. The first-order chi connectivity index (χ1) is 10.1. The molecule has 0 bridgehead atoms. The monoisotopic (exact) mass is 290 g/mol. The van der Waals surface area contributed by atoms with Gasteiger partial charge in [-0.25, -0.2) is 0 Å². The van der Waals surface area contributed by atoms with Crippen molar-refractivity contribution < 1.29 is 19.1 Å². The van der Waals surface area contributed by atoms with Crippen molar-refractivity contribution in [1.82, 2.24) is 9.80 Å². The van der Waals surface area contributed by atoms with Crippen LogP contribution in [-0.4, -0.2) is 54.6 Å². The summed E-state index contributed by atoms with van der Waals surface area (Å²) < 4.78 is 10.7. The molecular formula is C15H18N2O4. The molecule has 0 saturated carbocycles. The summed E-state index contributed by atoms with van der Waals surface area (Å²) in [6, 6.07) is 5.59. The molecule has 6 nitrogen and oxygen atoms in total. The Morgan fingerprint density at radius 3 is 2.52 bits per heavy atom. The lowest BCUT2D eigenvalue weighted by Crippen LogP contribution is -2.50. The van der Waals surface area contributed by atoms with Gasteiger partial charge in [0.15, 0.2) is 11.5 Å². The van der Waals surface area contributed by atoms with Crippen molar-refractivity contribution in [2.75, 3.05) is 33.0 Å². The molecule has 2 heterocycles. The van der Waals surface area contributed by atoms with Crippen molar-refractivity contribution in [2.45, 2.75) is 13.3 Å². The molecule has 1 aromatic carbocycles. The van der Waals surface area contributed by atoms with Crippen LogP contribution in [0.15, 0.2) is 18.2 Å². The van der Waals surface area contributed by atoms with Crippen LogP contribution < -0.4 is 9.47 Å². The third kappa shape index (κ3) is 2.79. The lowest BCUT2D eigenvalue weighted by molar-refractivity contribution is -0.138. The summed E-state index contributed by atoms with van der Waals surface area (Å²) in [6.45, 7) is 4.15. The topological polar surface area (TPSA) is 59.1 Å². The molecule has 112 valence electrons. The van der Waals surface area contributed by atoms with E-state index < -0.39 is 0 Å².